The Labute approximate surface area is 147 Å². The third kappa shape index (κ3) is 6.03. The molecule has 5 heteroatoms. The largest absolute Gasteiger partial charge is 0.352 e. The van der Waals surface area contributed by atoms with Crippen molar-refractivity contribution in [1.29, 1.82) is 0 Å². The number of hydrogen-bond donors (Lipinski definition) is 1. The van der Waals surface area contributed by atoms with E-state index in [9.17, 15) is 14.0 Å². The summed E-state index contributed by atoms with van der Waals surface area (Å²) in [4.78, 5) is 25.4. The van der Waals surface area contributed by atoms with E-state index in [4.69, 9.17) is 0 Å². The summed E-state index contributed by atoms with van der Waals surface area (Å²) in [5.41, 5.74) is 3.03. The average molecular weight is 342 g/mol. The standard InChI is InChI=1S/C20H23FN2O2/c1-15-5-3-4-6-18(15)13-22-20(25)11-12-23(16(2)24)14-17-7-9-19(21)10-8-17/h3-10H,11-14H2,1-2H3,(H,22,25). The third-order valence-electron chi connectivity index (χ3n) is 4.08. The van der Waals surface area contributed by atoms with Gasteiger partial charge in [0.1, 0.15) is 5.82 Å². The topological polar surface area (TPSA) is 49.4 Å². The van der Waals surface area contributed by atoms with Crippen molar-refractivity contribution in [3.05, 3.63) is 71.0 Å². The first-order valence-electron chi connectivity index (χ1n) is 8.27. The quantitative estimate of drug-likeness (QED) is 0.840. The van der Waals surface area contributed by atoms with Gasteiger partial charge < -0.3 is 10.2 Å². The predicted octanol–water partition coefficient (Wildman–Crippen LogP) is 3.19. The number of rotatable bonds is 7. The lowest BCUT2D eigenvalue weighted by Gasteiger charge is -2.21. The molecule has 2 aromatic rings. The zero-order valence-corrected chi connectivity index (χ0v) is 14.6. The van der Waals surface area contributed by atoms with Crippen LogP contribution in [0.15, 0.2) is 48.5 Å². The zero-order valence-electron chi connectivity index (χ0n) is 14.6. The third-order valence-corrected chi connectivity index (χ3v) is 4.08. The fourth-order valence-electron chi connectivity index (χ4n) is 2.49. The van der Waals surface area contributed by atoms with Crippen LogP contribution in [0.3, 0.4) is 0 Å². The summed E-state index contributed by atoms with van der Waals surface area (Å²) in [5, 5.41) is 2.88. The van der Waals surface area contributed by atoms with Crippen LogP contribution in [0.1, 0.15) is 30.0 Å². The highest BCUT2D eigenvalue weighted by atomic mass is 19.1. The monoisotopic (exact) mass is 342 g/mol. The van der Waals surface area contributed by atoms with Crippen molar-refractivity contribution in [2.24, 2.45) is 0 Å². The smallest absolute Gasteiger partial charge is 0.222 e. The van der Waals surface area contributed by atoms with E-state index in [-0.39, 0.29) is 24.1 Å². The number of aryl methyl sites for hydroxylation is 1. The lowest BCUT2D eigenvalue weighted by Crippen LogP contribution is -2.33. The van der Waals surface area contributed by atoms with Gasteiger partial charge in [0, 0.05) is 33.0 Å². The van der Waals surface area contributed by atoms with E-state index in [1.807, 2.05) is 31.2 Å². The Hall–Kier alpha value is -2.69. The number of amides is 2. The average Bonchev–Trinajstić information content (AvgIpc) is 2.59. The van der Waals surface area contributed by atoms with E-state index in [2.05, 4.69) is 5.32 Å². The van der Waals surface area contributed by atoms with Crippen molar-refractivity contribution in [3.8, 4) is 0 Å². The molecule has 0 aliphatic heterocycles. The number of benzene rings is 2. The van der Waals surface area contributed by atoms with Gasteiger partial charge in [-0.3, -0.25) is 9.59 Å². The van der Waals surface area contributed by atoms with E-state index < -0.39 is 0 Å². The Morgan fingerprint density at radius 2 is 1.76 bits per heavy atom. The van der Waals surface area contributed by atoms with Crippen LogP contribution in [0.2, 0.25) is 0 Å². The minimum atomic E-state index is -0.311. The van der Waals surface area contributed by atoms with E-state index >= 15 is 0 Å². The molecule has 0 saturated heterocycles. The van der Waals surface area contributed by atoms with Crippen molar-refractivity contribution in [2.45, 2.75) is 33.4 Å². The number of hydrogen-bond acceptors (Lipinski definition) is 2. The fourth-order valence-corrected chi connectivity index (χ4v) is 2.49. The second kappa shape index (κ2) is 8.97. The lowest BCUT2D eigenvalue weighted by molar-refractivity contribution is -0.130. The second-order valence-electron chi connectivity index (χ2n) is 6.02. The minimum Gasteiger partial charge on any atom is -0.352 e. The Morgan fingerprint density at radius 1 is 1.08 bits per heavy atom. The molecule has 0 radical (unpaired) electrons. The first-order chi connectivity index (χ1) is 12.0. The predicted molar refractivity (Wildman–Crippen MR) is 95.1 cm³/mol. The maximum Gasteiger partial charge on any atom is 0.222 e. The highest BCUT2D eigenvalue weighted by Crippen LogP contribution is 2.08. The molecule has 0 aromatic heterocycles. The van der Waals surface area contributed by atoms with Crippen LogP contribution in [0.4, 0.5) is 4.39 Å². The summed E-state index contributed by atoms with van der Waals surface area (Å²) in [5.74, 6) is -0.529. The molecule has 2 aromatic carbocycles. The molecule has 0 aliphatic rings. The van der Waals surface area contributed by atoms with Gasteiger partial charge in [0.15, 0.2) is 0 Å². The Morgan fingerprint density at radius 3 is 2.40 bits per heavy atom. The highest BCUT2D eigenvalue weighted by molar-refractivity contribution is 5.78. The molecule has 0 aliphatic carbocycles. The summed E-state index contributed by atoms with van der Waals surface area (Å²) in [6.45, 7) is 4.63. The van der Waals surface area contributed by atoms with Gasteiger partial charge in [0.05, 0.1) is 0 Å². The maximum atomic E-state index is 13.0. The number of carbonyl (C=O) groups is 2. The second-order valence-corrected chi connectivity index (χ2v) is 6.02. The molecular weight excluding hydrogens is 319 g/mol. The molecule has 0 saturated carbocycles. The highest BCUT2D eigenvalue weighted by Gasteiger charge is 2.12. The van der Waals surface area contributed by atoms with Crippen molar-refractivity contribution in [3.63, 3.8) is 0 Å². The summed E-state index contributed by atoms with van der Waals surface area (Å²) >= 11 is 0. The minimum absolute atomic E-state index is 0.103. The molecule has 0 fully saturated rings. The van der Waals surface area contributed by atoms with Crippen molar-refractivity contribution in [1.82, 2.24) is 10.2 Å². The van der Waals surface area contributed by atoms with Gasteiger partial charge >= 0.3 is 0 Å². The first kappa shape index (κ1) is 18.6. The number of nitrogens with one attached hydrogen (secondary N) is 1. The van der Waals surface area contributed by atoms with Crippen molar-refractivity contribution < 1.29 is 14.0 Å². The van der Waals surface area contributed by atoms with Gasteiger partial charge in [-0.05, 0) is 35.7 Å². The van der Waals surface area contributed by atoms with E-state index in [1.54, 1.807) is 17.0 Å². The van der Waals surface area contributed by atoms with Crippen LogP contribution < -0.4 is 5.32 Å². The van der Waals surface area contributed by atoms with Gasteiger partial charge in [-0.25, -0.2) is 4.39 Å². The molecule has 25 heavy (non-hydrogen) atoms. The first-order valence-corrected chi connectivity index (χ1v) is 8.27. The molecule has 132 valence electrons. The van der Waals surface area contributed by atoms with Crippen LogP contribution in [0.5, 0.6) is 0 Å². The molecule has 1 N–H and O–H groups in total. The number of nitrogens with zero attached hydrogens (tertiary/aromatic N) is 1. The van der Waals surface area contributed by atoms with E-state index in [1.165, 1.54) is 19.1 Å². The van der Waals surface area contributed by atoms with Crippen LogP contribution in [-0.2, 0) is 22.7 Å². The summed E-state index contributed by atoms with van der Waals surface area (Å²) in [6.07, 6.45) is 0.229. The SMILES string of the molecule is CC(=O)N(CCC(=O)NCc1ccccc1C)Cc1ccc(F)cc1. The molecule has 0 spiro atoms. The molecule has 4 nitrogen and oxygen atoms in total. The van der Waals surface area contributed by atoms with Crippen LogP contribution in [-0.4, -0.2) is 23.3 Å². The van der Waals surface area contributed by atoms with Crippen molar-refractivity contribution >= 4 is 11.8 Å². The summed E-state index contributed by atoms with van der Waals surface area (Å²) in [6, 6.07) is 13.9. The molecule has 2 rings (SSSR count). The van der Waals surface area contributed by atoms with Gasteiger partial charge in [-0.1, -0.05) is 36.4 Å². The van der Waals surface area contributed by atoms with Gasteiger partial charge in [-0.15, -0.1) is 0 Å². The Bertz CT molecular complexity index is 729. The number of halogens is 1. The van der Waals surface area contributed by atoms with Gasteiger partial charge in [0.25, 0.3) is 0 Å². The molecule has 0 heterocycles. The zero-order chi connectivity index (χ0) is 18.2. The van der Waals surface area contributed by atoms with Crippen molar-refractivity contribution in [2.75, 3.05) is 6.54 Å². The molecule has 0 atom stereocenters. The number of carbonyl (C=O) groups excluding carboxylic acids is 2. The molecule has 2 amide bonds. The maximum absolute atomic E-state index is 13.0. The van der Waals surface area contributed by atoms with Gasteiger partial charge in [-0.2, -0.15) is 0 Å². The summed E-state index contributed by atoms with van der Waals surface area (Å²) < 4.78 is 13.0. The fraction of sp³-hybridized carbons (Fsp3) is 0.300. The van der Waals surface area contributed by atoms with Gasteiger partial charge in [0.2, 0.25) is 11.8 Å². The Kier molecular flexibility index (Phi) is 6.69. The summed E-state index contributed by atoms with van der Waals surface area (Å²) in [7, 11) is 0. The van der Waals surface area contributed by atoms with Crippen LogP contribution in [0, 0.1) is 12.7 Å². The van der Waals surface area contributed by atoms with E-state index in [0.717, 1.165) is 16.7 Å². The Balaban J connectivity index is 1.83. The lowest BCUT2D eigenvalue weighted by atomic mass is 10.1. The van der Waals surface area contributed by atoms with Crippen LogP contribution >= 0.6 is 0 Å². The van der Waals surface area contributed by atoms with E-state index in [0.29, 0.717) is 19.6 Å². The molecule has 0 unspecified atom stereocenters. The normalized spacial score (nSPS) is 10.4. The molecule has 0 bridgehead atoms. The van der Waals surface area contributed by atoms with Crippen LogP contribution in [0.25, 0.3) is 0 Å². The molecular formula is C20H23FN2O2.